The highest BCUT2D eigenvalue weighted by Crippen LogP contribution is 2.26. The molecule has 5 heteroatoms. The van der Waals surface area contributed by atoms with Crippen molar-refractivity contribution in [2.24, 2.45) is 0 Å². The highest BCUT2D eigenvalue weighted by atomic mass is 32.2. The molecule has 1 atom stereocenters. The summed E-state index contributed by atoms with van der Waals surface area (Å²) in [4.78, 5) is 17.8. The summed E-state index contributed by atoms with van der Waals surface area (Å²) in [5.41, 5.74) is 3.49. The molecule has 0 aliphatic heterocycles. The number of para-hydroxylation sites is 1. The predicted molar refractivity (Wildman–Crippen MR) is 97.7 cm³/mol. The standard InChI is InChI=1S/C19H17N3OS/c1-12-7-6-10-17(14(12)3)22-18(23)15-8-4-5-9-16(15)21-19(22)24-13(2)11-20/h4-10,13H,1-3H3/t13-/m0/s1. The average Bonchev–Trinajstić information content (AvgIpc) is 2.58. The molecule has 0 aliphatic carbocycles. The molecule has 1 heterocycles. The van der Waals surface area contributed by atoms with Gasteiger partial charge in [0.15, 0.2) is 5.16 Å². The Hall–Kier alpha value is -2.58. The number of fused-ring (bicyclic) bond motifs is 1. The van der Waals surface area contributed by atoms with Gasteiger partial charge in [0, 0.05) is 0 Å². The minimum Gasteiger partial charge on any atom is -0.268 e. The number of nitrogens with zero attached hydrogens (tertiary/aromatic N) is 3. The summed E-state index contributed by atoms with van der Waals surface area (Å²) in [7, 11) is 0. The molecule has 0 unspecified atom stereocenters. The fourth-order valence-electron chi connectivity index (χ4n) is 2.57. The summed E-state index contributed by atoms with van der Waals surface area (Å²) >= 11 is 1.30. The van der Waals surface area contributed by atoms with Crippen molar-refractivity contribution < 1.29 is 0 Å². The first-order valence-corrected chi connectivity index (χ1v) is 8.55. The second-order valence-electron chi connectivity index (χ2n) is 5.66. The molecule has 120 valence electrons. The minimum absolute atomic E-state index is 0.109. The molecular formula is C19H17N3OS. The maximum Gasteiger partial charge on any atom is 0.266 e. The highest BCUT2D eigenvalue weighted by Gasteiger charge is 2.17. The number of thioether (sulfide) groups is 1. The second-order valence-corrected chi connectivity index (χ2v) is 6.97. The van der Waals surface area contributed by atoms with E-state index in [0.717, 1.165) is 16.8 Å². The molecule has 2 aromatic carbocycles. The van der Waals surface area contributed by atoms with Gasteiger partial charge in [-0.3, -0.25) is 9.36 Å². The minimum atomic E-state index is -0.297. The van der Waals surface area contributed by atoms with Gasteiger partial charge in [0.2, 0.25) is 0 Å². The van der Waals surface area contributed by atoms with Crippen molar-refractivity contribution in [3.05, 3.63) is 63.9 Å². The molecule has 0 radical (unpaired) electrons. The molecule has 0 amide bonds. The number of nitriles is 1. The summed E-state index contributed by atoms with van der Waals surface area (Å²) in [5.74, 6) is 0. The largest absolute Gasteiger partial charge is 0.268 e. The van der Waals surface area contributed by atoms with Crippen molar-refractivity contribution in [2.45, 2.75) is 31.2 Å². The number of rotatable bonds is 3. The molecule has 1 aromatic heterocycles. The number of benzene rings is 2. The zero-order valence-electron chi connectivity index (χ0n) is 13.8. The van der Waals surface area contributed by atoms with Crippen LogP contribution in [0.5, 0.6) is 0 Å². The van der Waals surface area contributed by atoms with Crippen molar-refractivity contribution in [2.75, 3.05) is 0 Å². The van der Waals surface area contributed by atoms with E-state index in [4.69, 9.17) is 5.26 Å². The number of hydrogen-bond acceptors (Lipinski definition) is 4. The van der Waals surface area contributed by atoms with E-state index in [2.05, 4.69) is 11.1 Å². The summed E-state index contributed by atoms with van der Waals surface area (Å²) in [5, 5.41) is 9.98. The van der Waals surface area contributed by atoms with Crippen molar-refractivity contribution >= 4 is 22.7 Å². The average molecular weight is 335 g/mol. The van der Waals surface area contributed by atoms with E-state index in [1.165, 1.54) is 11.8 Å². The van der Waals surface area contributed by atoms with E-state index in [-0.39, 0.29) is 10.8 Å². The van der Waals surface area contributed by atoms with Crippen LogP contribution in [0.25, 0.3) is 16.6 Å². The smallest absolute Gasteiger partial charge is 0.266 e. The van der Waals surface area contributed by atoms with Crippen LogP contribution in [-0.2, 0) is 0 Å². The van der Waals surface area contributed by atoms with Gasteiger partial charge in [-0.1, -0.05) is 36.0 Å². The van der Waals surface area contributed by atoms with Crippen molar-refractivity contribution in [1.82, 2.24) is 9.55 Å². The van der Waals surface area contributed by atoms with E-state index in [0.29, 0.717) is 16.1 Å². The van der Waals surface area contributed by atoms with Crippen LogP contribution in [0, 0.1) is 25.2 Å². The molecule has 0 bridgehead atoms. The number of hydrogen-bond donors (Lipinski definition) is 0. The normalized spacial score (nSPS) is 12.1. The Morgan fingerprint density at radius 3 is 2.67 bits per heavy atom. The van der Waals surface area contributed by atoms with Crippen LogP contribution < -0.4 is 5.56 Å². The van der Waals surface area contributed by atoms with E-state index in [1.54, 1.807) is 17.6 Å². The number of aryl methyl sites for hydroxylation is 1. The molecule has 0 fully saturated rings. The van der Waals surface area contributed by atoms with Gasteiger partial charge in [-0.15, -0.1) is 0 Å². The molecule has 4 nitrogen and oxygen atoms in total. The lowest BCUT2D eigenvalue weighted by atomic mass is 10.1. The van der Waals surface area contributed by atoms with Gasteiger partial charge in [-0.05, 0) is 50.1 Å². The summed E-state index contributed by atoms with van der Waals surface area (Å²) < 4.78 is 1.63. The van der Waals surface area contributed by atoms with Crippen LogP contribution in [0.15, 0.2) is 52.4 Å². The molecule has 0 N–H and O–H groups in total. The highest BCUT2D eigenvalue weighted by molar-refractivity contribution is 8.00. The van der Waals surface area contributed by atoms with E-state index < -0.39 is 0 Å². The lowest BCUT2D eigenvalue weighted by Gasteiger charge is -2.16. The summed E-state index contributed by atoms with van der Waals surface area (Å²) in [6.07, 6.45) is 0. The Kier molecular flexibility index (Phi) is 4.41. The maximum absolute atomic E-state index is 13.1. The zero-order valence-corrected chi connectivity index (χ0v) is 14.6. The number of aromatic nitrogens is 2. The first-order chi connectivity index (χ1) is 11.5. The predicted octanol–water partition coefficient (Wildman–Crippen LogP) is 4.01. The molecule has 3 rings (SSSR count). The monoisotopic (exact) mass is 335 g/mol. The van der Waals surface area contributed by atoms with Gasteiger partial charge in [-0.2, -0.15) is 5.26 Å². The second kappa shape index (κ2) is 6.50. The van der Waals surface area contributed by atoms with Crippen molar-refractivity contribution in [3.8, 4) is 11.8 Å². The topological polar surface area (TPSA) is 58.7 Å². The quantitative estimate of drug-likeness (QED) is 0.536. The first-order valence-electron chi connectivity index (χ1n) is 7.67. The van der Waals surface area contributed by atoms with Crippen LogP contribution in [-0.4, -0.2) is 14.8 Å². The molecule has 3 aromatic rings. The van der Waals surface area contributed by atoms with Crippen LogP contribution >= 0.6 is 11.8 Å². The maximum atomic E-state index is 13.1. The lowest BCUT2D eigenvalue weighted by molar-refractivity contribution is 0.811. The van der Waals surface area contributed by atoms with Crippen LogP contribution in [0.3, 0.4) is 0 Å². The molecule has 0 saturated carbocycles. The van der Waals surface area contributed by atoms with Crippen molar-refractivity contribution in [1.29, 1.82) is 5.26 Å². The summed E-state index contributed by atoms with van der Waals surface area (Å²) in [6.45, 7) is 5.82. The Bertz CT molecular complexity index is 1020. The molecule has 0 saturated heterocycles. The van der Waals surface area contributed by atoms with Gasteiger partial charge >= 0.3 is 0 Å². The Morgan fingerprint density at radius 2 is 1.92 bits per heavy atom. The van der Waals surface area contributed by atoms with Crippen LogP contribution in [0.2, 0.25) is 0 Å². The fourth-order valence-corrected chi connectivity index (χ4v) is 3.37. The summed E-state index contributed by atoms with van der Waals surface area (Å²) in [6, 6.07) is 15.4. The third-order valence-corrected chi connectivity index (χ3v) is 4.97. The molecule has 0 spiro atoms. The Labute approximate surface area is 144 Å². The lowest BCUT2D eigenvalue weighted by Crippen LogP contribution is -2.23. The van der Waals surface area contributed by atoms with E-state index in [1.807, 2.05) is 50.2 Å². The molecule has 24 heavy (non-hydrogen) atoms. The zero-order chi connectivity index (χ0) is 17.3. The Balaban J connectivity index is 2.38. The van der Waals surface area contributed by atoms with E-state index >= 15 is 0 Å². The molecule has 0 aliphatic rings. The third kappa shape index (κ3) is 2.81. The van der Waals surface area contributed by atoms with Crippen LogP contribution in [0.1, 0.15) is 18.1 Å². The third-order valence-electron chi connectivity index (χ3n) is 4.03. The van der Waals surface area contributed by atoms with Crippen molar-refractivity contribution in [3.63, 3.8) is 0 Å². The van der Waals surface area contributed by atoms with Gasteiger partial charge in [0.05, 0.1) is 27.9 Å². The van der Waals surface area contributed by atoms with Gasteiger partial charge in [-0.25, -0.2) is 4.98 Å². The SMILES string of the molecule is Cc1cccc(-n2c(S[C@@H](C)C#N)nc3ccccc3c2=O)c1C. The van der Waals surface area contributed by atoms with Gasteiger partial charge in [0.1, 0.15) is 0 Å². The van der Waals surface area contributed by atoms with Gasteiger partial charge in [0.25, 0.3) is 5.56 Å². The molecular weight excluding hydrogens is 318 g/mol. The first kappa shape index (κ1) is 16.3. The van der Waals surface area contributed by atoms with Gasteiger partial charge < -0.3 is 0 Å². The Morgan fingerprint density at radius 1 is 1.17 bits per heavy atom. The fraction of sp³-hybridized carbons (Fsp3) is 0.211. The van der Waals surface area contributed by atoms with Crippen LogP contribution in [0.4, 0.5) is 0 Å². The van der Waals surface area contributed by atoms with E-state index in [9.17, 15) is 4.79 Å².